The van der Waals surface area contributed by atoms with E-state index in [-0.39, 0.29) is 5.91 Å². The predicted molar refractivity (Wildman–Crippen MR) is 102 cm³/mol. The highest BCUT2D eigenvalue weighted by Gasteiger charge is 2.11. The summed E-state index contributed by atoms with van der Waals surface area (Å²) in [6.07, 6.45) is 7.67. The van der Waals surface area contributed by atoms with E-state index in [2.05, 4.69) is 27.3 Å². The molecule has 2 aromatic rings. The predicted octanol–water partition coefficient (Wildman–Crippen LogP) is 2.93. The second-order valence-corrected chi connectivity index (χ2v) is 7.52. The Morgan fingerprint density at radius 2 is 1.96 bits per heavy atom. The lowest BCUT2D eigenvalue weighted by Gasteiger charge is -2.26. The van der Waals surface area contributed by atoms with Crippen LogP contribution < -0.4 is 5.32 Å². The van der Waals surface area contributed by atoms with E-state index in [1.54, 1.807) is 18.0 Å². The average Bonchev–Trinajstić information content (AvgIpc) is 3.05. The van der Waals surface area contributed by atoms with Crippen molar-refractivity contribution in [3.05, 3.63) is 47.8 Å². The van der Waals surface area contributed by atoms with Gasteiger partial charge in [0, 0.05) is 43.8 Å². The van der Waals surface area contributed by atoms with Crippen molar-refractivity contribution >= 4 is 17.7 Å². The summed E-state index contributed by atoms with van der Waals surface area (Å²) < 4.78 is 1.98. The van der Waals surface area contributed by atoms with E-state index in [1.165, 1.54) is 37.9 Å². The molecule has 0 atom stereocenters. The van der Waals surface area contributed by atoms with Crippen molar-refractivity contribution in [1.82, 2.24) is 19.8 Å². The number of piperidine rings is 1. The Morgan fingerprint density at radius 1 is 1.20 bits per heavy atom. The van der Waals surface area contributed by atoms with E-state index in [1.807, 2.05) is 29.9 Å². The van der Waals surface area contributed by atoms with Crippen molar-refractivity contribution < 1.29 is 4.79 Å². The maximum Gasteiger partial charge on any atom is 0.251 e. The van der Waals surface area contributed by atoms with Crippen LogP contribution in [0.5, 0.6) is 0 Å². The topological polar surface area (TPSA) is 50.2 Å². The zero-order valence-electron chi connectivity index (χ0n) is 14.8. The molecule has 1 N–H and O–H groups in total. The lowest BCUT2D eigenvalue weighted by Crippen LogP contribution is -2.29. The standard InChI is InChI=1S/C19H26N4OS/c1-22-13-9-21-19(22)25-14-10-20-18(24)17-7-5-16(6-8-17)15-23-11-3-2-4-12-23/h5-9,13H,2-4,10-12,14-15H2,1H3,(H,20,24). The van der Waals surface area contributed by atoms with Crippen molar-refractivity contribution in [3.63, 3.8) is 0 Å². The van der Waals surface area contributed by atoms with Crippen LogP contribution in [0.3, 0.4) is 0 Å². The number of carbonyl (C=O) groups is 1. The van der Waals surface area contributed by atoms with Crippen LogP contribution in [-0.4, -0.2) is 45.7 Å². The van der Waals surface area contributed by atoms with Crippen LogP contribution in [0.15, 0.2) is 41.8 Å². The van der Waals surface area contributed by atoms with E-state index in [0.29, 0.717) is 6.54 Å². The molecule has 134 valence electrons. The van der Waals surface area contributed by atoms with Gasteiger partial charge in [-0.2, -0.15) is 0 Å². The zero-order chi connectivity index (χ0) is 17.5. The first-order chi connectivity index (χ1) is 12.2. The Balaban J connectivity index is 1.41. The van der Waals surface area contributed by atoms with Gasteiger partial charge in [-0.25, -0.2) is 4.98 Å². The second-order valence-electron chi connectivity index (χ2n) is 6.46. The lowest BCUT2D eigenvalue weighted by molar-refractivity contribution is 0.0956. The Bertz CT molecular complexity index is 677. The third-order valence-corrected chi connectivity index (χ3v) is 5.53. The molecule has 1 amide bonds. The molecule has 0 radical (unpaired) electrons. The Labute approximate surface area is 153 Å². The number of likely N-dealkylation sites (tertiary alicyclic amines) is 1. The highest BCUT2D eigenvalue weighted by atomic mass is 32.2. The highest BCUT2D eigenvalue weighted by molar-refractivity contribution is 7.99. The number of imidazole rings is 1. The molecule has 1 aliphatic heterocycles. The monoisotopic (exact) mass is 358 g/mol. The first-order valence-electron chi connectivity index (χ1n) is 8.92. The van der Waals surface area contributed by atoms with Crippen LogP contribution in [0.25, 0.3) is 0 Å². The van der Waals surface area contributed by atoms with E-state index in [4.69, 9.17) is 0 Å². The van der Waals surface area contributed by atoms with E-state index < -0.39 is 0 Å². The van der Waals surface area contributed by atoms with Crippen molar-refractivity contribution in [3.8, 4) is 0 Å². The van der Waals surface area contributed by atoms with Crippen LogP contribution in [0.4, 0.5) is 0 Å². The Hall–Kier alpha value is -1.79. The fourth-order valence-electron chi connectivity index (χ4n) is 3.04. The summed E-state index contributed by atoms with van der Waals surface area (Å²) in [7, 11) is 1.97. The largest absolute Gasteiger partial charge is 0.351 e. The summed E-state index contributed by atoms with van der Waals surface area (Å²) in [5.41, 5.74) is 2.01. The fraction of sp³-hybridized carbons (Fsp3) is 0.474. The Morgan fingerprint density at radius 3 is 2.64 bits per heavy atom. The number of hydrogen-bond acceptors (Lipinski definition) is 4. The number of carbonyl (C=O) groups excluding carboxylic acids is 1. The van der Waals surface area contributed by atoms with Crippen LogP contribution >= 0.6 is 11.8 Å². The molecule has 1 aromatic carbocycles. The van der Waals surface area contributed by atoms with Gasteiger partial charge >= 0.3 is 0 Å². The minimum absolute atomic E-state index is 0.00929. The molecule has 1 aliphatic rings. The van der Waals surface area contributed by atoms with E-state index >= 15 is 0 Å². The number of thioether (sulfide) groups is 1. The minimum atomic E-state index is -0.00929. The summed E-state index contributed by atoms with van der Waals surface area (Å²) in [5, 5.41) is 3.94. The molecule has 25 heavy (non-hydrogen) atoms. The summed E-state index contributed by atoms with van der Waals surface area (Å²) in [4.78, 5) is 19.0. The number of amides is 1. The number of rotatable bonds is 7. The minimum Gasteiger partial charge on any atom is -0.351 e. The molecular formula is C19H26N4OS. The molecule has 1 aromatic heterocycles. The van der Waals surface area contributed by atoms with Crippen LogP contribution in [-0.2, 0) is 13.6 Å². The average molecular weight is 359 g/mol. The number of aryl methyl sites for hydroxylation is 1. The fourth-order valence-corrected chi connectivity index (χ4v) is 3.82. The summed E-state index contributed by atoms with van der Waals surface area (Å²) in [6.45, 7) is 4.00. The van der Waals surface area contributed by atoms with Crippen molar-refractivity contribution in [1.29, 1.82) is 0 Å². The quantitative estimate of drug-likeness (QED) is 0.611. The molecule has 3 rings (SSSR count). The second kappa shape index (κ2) is 9.06. The normalized spacial score (nSPS) is 15.2. The Kier molecular flexibility index (Phi) is 6.53. The van der Waals surface area contributed by atoms with Crippen molar-refractivity contribution in [2.45, 2.75) is 31.0 Å². The number of benzene rings is 1. The molecule has 1 saturated heterocycles. The molecule has 0 aliphatic carbocycles. The third kappa shape index (κ3) is 5.34. The summed E-state index contributed by atoms with van der Waals surface area (Å²) in [5.74, 6) is 0.800. The molecule has 0 unspecified atom stereocenters. The van der Waals surface area contributed by atoms with Gasteiger partial charge in [0.05, 0.1) is 0 Å². The third-order valence-electron chi connectivity index (χ3n) is 4.47. The van der Waals surface area contributed by atoms with Crippen LogP contribution in [0.2, 0.25) is 0 Å². The van der Waals surface area contributed by atoms with Crippen molar-refractivity contribution in [2.75, 3.05) is 25.4 Å². The van der Waals surface area contributed by atoms with Gasteiger partial charge in [-0.3, -0.25) is 9.69 Å². The van der Waals surface area contributed by atoms with Gasteiger partial charge in [0.1, 0.15) is 0 Å². The molecule has 0 spiro atoms. The van der Waals surface area contributed by atoms with Crippen LogP contribution in [0.1, 0.15) is 35.2 Å². The SMILES string of the molecule is Cn1ccnc1SCCNC(=O)c1ccc(CN2CCCCC2)cc1. The smallest absolute Gasteiger partial charge is 0.251 e. The van der Waals surface area contributed by atoms with Gasteiger partial charge in [0.25, 0.3) is 5.91 Å². The van der Waals surface area contributed by atoms with Gasteiger partial charge in [-0.1, -0.05) is 30.3 Å². The van der Waals surface area contributed by atoms with E-state index in [9.17, 15) is 4.79 Å². The summed E-state index contributed by atoms with van der Waals surface area (Å²) >= 11 is 1.64. The number of nitrogens with zero attached hydrogens (tertiary/aromatic N) is 3. The molecular weight excluding hydrogens is 332 g/mol. The molecule has 5 nitrogen and oxygen atoms in total. The highest BCUT2D eigenvalue weighted by Crippen LogP contribution is 2.14. The first kappa shape index (κ1) is 18.0. The molecule has 0 saturated carbocycles. The van der Waals surface area contributed by atoms with Crippen molar-refractivity contribution in [2.24, 2.45) is 7.05 Å². The van der Waals surface area contributed by atoms with Crippen LogP contribution in [0, 0.1) is 0 Å². The van der Waals surface area contributed by atoms with Gasteiger partial charge in [-0.15, -0.1) is 0 Å². The maximum atomic E-state index is 12.2. The molecule has 2 heterocycles. The van der Waals surface area contributed by atoms with E-state index in [0.717, 1.165) is 23.0 Å². The lowest BCUT2D eigenvalue weighted by atomic mass is 10.1. The molecule has 6 heteroatoms. The molecule has 0 bridgehead atoms. The number of hydrogen-bond donors (Lipinski definition) is 1. The maximum absolute atomic E-state index is 12.2. The van der Waals surface area contributed by atoms with Gasteiger partial charge in [-0.05, 0) is 43.6 Å². The first-order valence-corrected chi connectivity index (χ1v) is 9.90. The van der Waals surface area contributed by atoms with Gasteiger partial charge in [0.15, 0.2) is 5.16 Å². The summed E-state index contributed by atoms with van der Waals surface area (Å²) in [6, 6.07) is 8.01. The number of nitrogens with one attached hydrogen (secondary N) is 1. The van der Waals surface area contributed by atoms with Gasteiger partial charge < -0.3 is 9.88 Å². The molecule has 1 fully saturated rings. The number of aromatic nitrogens is 2. The zero-order valence-corrected chi connectivity index (χ0v) is 15.6. The van der Waals surface area contributed by atoms with Gasteiger partial charge in [0.2, 0.25) is 0 Å².